The van der Waals surface area contributed by atoms with Crippen LogP contribution >= 0.6 is 0 Å². The van der Waals surface area contributed by atoms with Gasteiger partial charge in [-0.05, 0) is 30.2 Å². The van der Waals surface area contributed by atoms with Crippen LogP contribution < -0.4 is 5.32 Å². The zero-order chi connectivity index (χ0) is 17.5. The fourth-order valence-electron chi connectivity index (χ4n) is 2.44. The molecule has 0 aromatic heterocycles. The van der Waals surface area contributed by atoms with Crippen molar-refractivity contribution in [2.45, 2.75) is 19.6 Å². The first-order valence-electron chi connectivity index (χ1n) is 7.69. The normalized spacial score (nSPS) is 13.1. The summed E-state index contributed by atoms with van der Waals surface area (Å²) < 4.78 is 5.04. The minimum atomic E-state index is -0.959. The fourth-order valence-corrected chi connectivity index (χ4v) is 2.44. The SMILES string of the molecule is COCc1ccc(C(=O)NC(c2ccccc2)C(C)C(=O)O)cc1. The summed E-state index contributed by atoms with van der Waals surface area (Å²) in [5, 5.41) is 12.2. The van der Waals surface area contributed by atoms with E-state index in [9.17, 15) is 14.7 Å². The van der Waals surface area contributed by atoms with Gasteiger partial charge in [-0.1, -0.05) is 42.5 Å². The van der Waals surface area contributed by atoms with Crippen LogP contribution in [0.4, 0.5) is 0 Å². The number of carboxylic acids is 1. The second-order valence-corrected chi connectivity index (χ2v) is 5.62. The highest BCUT2D eigenvalue weighted by Gasteiger charge is 2.27. The lowest BCUT2D eigenvalue weighted by Gasteiger charge is -2.23. The maximum Gasteiger partial charge on any atom is 0.308 e. The van der Waals surface area contributed by atoms with Crippen LogP contribution in [0.1, 0.15) is 34.5 Å². The third-order valence-electron chi connectivity index (χ3n) is 3.86. The van der Waals surface area contributed by atoms with Crippen LogP contribution in [0.15, 0.2) is 54.6 Å². The van der Waals surface area contributed by atoms with Crippen LogP contribution in [0.5, 0.6) is 0 Å². The lowest BCUT2D eigenvalue weighted by Crippen LogP contribution is -2.35. The lowest BCUT2D eigenvalue weighted by atomic mass is 9.94. The summed E-state index contributed by atoms with van der Waals surface area (Å²) in [6.45, 7) is 2.06. The van der Waals surface area contributed by atoms with Gasteiger partial charge in [-0.2, -0.15) is 0 Å². The Morgan fingerprint density at radius 2 is 1.71 bits per heavy atom. The van der Waals surface area contributed by atoms with Gasteiger partial charge in [0.2, 0.25) is 0 Å². The molecule has 0 saturated heterocycles. The second-order valence-electron chi connectivity index (χ2n) is 5.62. The summed E-state index contributed by atoms with van der Waals surface area (Å²) in [7, 11) is 1.61. The molecule has 2 rings (SSSR count). The standard InChI is InChI=1S/C19H21NO4/c1-13(19(22)23)17(15-6-4-3-5-7-15)20-18(21)16-10-8-14(9-11-16)12-24-2/h3-11,13,17H,12H2,1-2H3,(H,20,21)(H,22,23). The number of carboxylic acid groups (broad SMARTS) is 1. The molecule has 0 saturated carbocycles. The number of carbonyl (C=O) groups excluding carboxylic acids is 1. The molecule has 0 aliphatic carbocycles. The molecule has 0 aliphatic rings. The summed E-state index contributed by atoms with van der Waals surface area (Å²) in [5.74, 6) is -2.01. The van der Waals surface area contributed by atoms with Crippen molar-refractivity contribution < 1.29 is 19.4 Å². The molecule has 2 atom stereocenters. The number of amides is 1. The van der Waals surface area contributed by atoms with E-state index < -0.39 is 17.9 Å². The van der Waals surface area contributed by atoms with Gasteiger partial charge in [-0.3, -0.25) is 9.59 Å². The van der Waals surface area contributed by atoms with Crippen molar-refractivity contribution in [3.8, 4) is 0 Å². The minimum Gasteiger partial charge on any atom is -0.481 e. The highest BCUT2D eigenvalue weighted by molar-refractivity contribution is 5.94. The van der Waals surface area contributed by atoms with Gasteiger partial charge < -0.3 is 15.2 Å². The zero-order valence-corrected chi connectivity index (χ0v) is 13.7. The number of ether oxygens (including phenoxy) is 1. The van der Waals surface area contributed by atoms with E-state index in [0.717, 1.165) is 11.1 Å². The van der Waals surface area contributed by atoms with Crippen molar-refractivity contribution in [3.05, 3.63) is 71.3 Å². The lowest BCUT2D eigenvalue weighted by molar-refractivity contribution is -0.142. The first-order chi connectivity index (χ1) is 11.5. The van der Waals surface area contributed by atoms with Crippen LogP contribution in [-0.4, -0.2) is 24.1 Å². The number of hydrogen-bond donors (Lipinski definition) is 2. The largest absolute Gasteiger partial charge is 0.481 e. The van der Waals surface area contributed by atoms with Crippen molar-refractivity contribution in [3.63, 3.8) is 0 Å². The van der Waals surface area contributed by atoms with Crippen LogP contribution in [0, 0.1) is 5.92 Å². The number of nitrogens with one attached hydrogen (secondary N) is 1. The molecule has 2 unspecified atom stereocenters. The van der Waals surface area contributed by atoms with E-state index in [1.54, 1.807) is 26.2 Å². The van der Waals surface area contributed by atoms with E-state index in [4.69, 9.17) is 4.74 Å². The average Bonchev–Trinajstić information content (AvgIpc) is 2.60. The zero-order valence-electron chi connectivity index (χ0n) is 13.7. The van der Waals surface area contributed by atoms with Gasteiger partial charge in [-0.15, -0.1) is 0 Å². The quantitative estimate of drug-likeness (QED) is 0.819. The maximum absolute atomic E-state index is 12.5. The van der Waals surface area contributed by atoms with Crippen molar-refractivity contribution >= 4 is 11.9 Å². The van der Waals surface area contributed by atoms with Crippen LogP contribution in [0.25, 0.3) is 0 Å². The van der Waals surface area contributed by atoms with Gasteiger partial charge in [-0.25, -0.2) is 0 Å². The average molecular weight is 327 g/mol. The van der Waals surface area contributed by atoms with Gasteiger partial charge in [0.1, 0.15) is 0 Å². The highest BCUT2D eigenvalue weighted by atomic mass is 16.5. The monoisotopic (exact) mass is 327 g/mol. The molecule has 0 spiro atoms. The first-order valence-corrected chi connectivity index (χ1v) is 7.69. The summed E-state index contributed by atoms with van der Waals surface area (Å²) in [6, 6.07) is 15.6. The summed E-state index contributed by atoms with van der Waals surface area (Å²) in [4.78, 5) is 23.9. The molecule has 1 amide bonds. The molecule has 0 aliphatic heterocycles. The number of aliphatic carboxylic acids is 1. The van der Waals surface area contributed by atoms with Crippen molar-refractivity contribution in [1.29, 1.82) is 0 Å². The molecule has 2 N–H and O–H groups in total. The minimum absolute atomic E-state index is 0.305. The number of rotatable bonds is 7. The second kappa shape index (κ2) is 8.26. The maximum atomic E-state index is 12.5. The van der Waals surface area contributed by atoms with E-state index in [1.165, 1.54) is 0 Å². The van der Waals surface area contributed by atoms with Crippen LogP contribution in [-0.2, 0) is 16.1 Å². The third-order valence-corrected chi connectivity index (χ3v) is 3.86. The number of methoxy groups -OCH3 is 1. The summed E-state index contributed by atoms with van der Waals surface area (Å²) >= 11 is 0. The molecular formula is C19H21NO4. The Bertz CT molecular complexity index is 682. The fraction of sp³-hybridized carbons (Fsp3) is 0.263. The summed E-state index contributed by atoms with van der Waals surface area (Å²) in [5.41, 5.74) is 2.21. The van der Waals surface area contributed by atoms with Gasteiger partial charge in [0.05, 0.1) is 18.6 Å². The highest BCUT2D eigenvalue weighted by Crippen LogP contribution is 2.23. The molecule has 2 aromatic carbocycles. The molecule has 0 heterocycles. The van der Waals surface area contributed by atoms with E-state index in [1.807, 2.05) is 42.5 Å². The first kappa shape index (κ1) is 17.7. The van der Waals surface area contributed by atoms with E-state index in [0.29, 0.717) is 12.2 Å². The number of carbonyl (C=O) groups is 2. The van der Waals surface area contributed by atoms with Gasteiger partial charge in [0, 0.05) is 12.7 Å². The molecule has 5 nitrogen and oxygen atoms in total. The Kier molecular flexibility index (Phi) is 6.09. The predicted octanol–water partition coefficient (Wildman–Crippen LogP) is 3.02. The molecular weight excluding hydrogens is 306 g/mol. The molecule has 126 valence electrons. The van der Waals surface area contributed by atoms with Crippen molar-refractivity contribution in [1.82, 2.24) is 5.32 Å². The third kappa shape index (κ3) is 4.43. The smallest absolute Gasteiger partial charge is 0.308 e. The van der Waals surface area contributed by atoms with Crippen LogP contribution in [0.3, 0.4) is 0 Å². The number of hydrogen-bond acceptors (Lipinski definition) is 3. The molecule has 0 radical (unpaired) electrons. The van der Waals surface area contributed by atoms with Crippen LogP contribution in [0.2, 0.25) is 0 Å². The molecule has 24 heavy (non-hydrogen) atoms. The van der Waals surface area contributed by atoms with Gasteiger partial charge in [0.15, 0.2) is 0 Å². The Morgan fingerprint density at radius 1 is 1.08 bits per heavy atom. The van der Waals surface area contributed by atoms with E-state index in [2.05, 4.69) is 5.32 Å². The topological polar surface area (TPSA) is 75.6 Å². The van der Waals surface area contributed by atoms with Gasteiger partial charge in [0.25, 0.3) is 5.91 Å². The van der Waals surface area contributed by atoms with Gasteiger partial charge >= 0.3 is 5.97 Å². The van der Waals surface area contributed by atoms with Crippen molar-refractivity contribution in [2.24, 2.45) is 5.92 Å². The van der Waals surface area contributed by atoms with E-state index >= 15 is 0 Å². The Morgan fingerprint density at radius 3 is 2.25 bits per heavy atom. The summed E-state index contributed by atoms with van der Waals surface area (Å²) in [6.07, 6.45) is 0. The number of benzene rings is 2. The molecule has 0 bridgehead atoms. The Hall–Kier alpha value is -2.66. The molecule has 2 aromatic rings. The van der Waals surface area contributed by atoms with Crippen molar-refractivity contribution in [2.75, 3.05) is 7.11 Å². The van der Waals surface area contributed by atoms with E-state index in [-0.39, 0.29) is 5.91 Å². The predicted molar refractivity (Wildman–Crippen MR) is 90.6 cm³/mol. The Labute approximate surface area is 141 Å². The Balaban J connectivity index is 2.19. The molecule has 5 heteroatoms. The molecule has 0 fully saturated rings.